The van der Waals surface area contributed by atoms with Crippen molar-refractivity contribution in [3.63, 3.8) is 0 Å². The Kier molecular flexibility index (Phi) is 5.21. The van der Waals surface area contributed by atoms with Gasteiger partial charge in [0.25, 0.3) is 0 Å². The Balaban J connectivity index is 1.65. The van der Waals surface area contributed by atoms with Gasteiger partial charge in [0, 0.05) is 17.1 Å². The second-order valence-corrected chi connectivity index (χ2v) is 8.01. The fraction of sp³-hybridized carbons (Fsp3) is 0.0800. The van der Waals surface area contributed by atoms with Crippen molar-refractivity contribution in [2.45, 2.75) is 13.5 Å². The zero-order valence-electron chi connectivity index (χ0n) is 17.5. The molecule has 3 aromatic carbocycles. The van der Waals surface area contributed by atoms with Crippen molar-refractivity contribution in [2.75, 3.05) is 11.1 Å². The van der Waals surface area contributed by atoms with Crippen molar-refractivity contribution in [2.24, 2.45) is 0 Å². The molecule has 5 aromatic rings. The topological polar surface area (TPSA) is 81.7 Å². The van der Waals surface area contributed by atoms with E-state index in [-0.39, 0.29) is 0 Å². The molecule has 0 radical (unpaired) electrons. The summed E-state index contributed by atoms with van der Waals surface area (Å²) in [5.74, 6) is 0.977. The molecule has 0 aliphatic rings. The first-order valence-electron chi connectivity index (χ1n) is 10.3. The number of nitrogen functional groups attached to an aromatic ring is 1. The molecular weight excluding hydrogens is 420 g/mol. The fourth-order valence-electron chi connectivity index (χ4n) is 3.64. The van der Waals surface area contributed by atoms with Crippen LogP contribution in [0.1, 0.15) is 11.1 Å². The minimum absolute atomic E-state index is 0.486. The summed E-state index contributed by atoms with van der Waals surface area (Å²) in [6, 6.07) is 25.6. The summed E-state index contributed by atoms with van der Waals surface area (Å²) in [5, 5.41) is 9.40. The van der Waals surface area contributed by atoms with Gasteiger partial charge in [0.2, 0.25) is 5.95 Å². The summed E-state index contributed by atoms with van der Waals surface area (Å²) in [6.07, 6.45) is 0. The molecule has 0 spiro atoms. The van der Waals surface area contributed by atoms with Gasteiger partial charge in [0.15, 0.2) is 5.65 Å². The van der Waals surface area contributed by atoms with Crippen LogP contribution >= 0.6 is 11.6 Å². The van der Waals surface area contributed by atoms with Crippen molar-refractivity contribution in [1.29, 1.82) is 0 Å². The first-order valence-corrected chi connectivity index (χ1v) is 10.6. The third-order valence-corrected chi connectivity index (χ3v) is 5.48. The Labute approximate surface area is 190 Å². The highest BCUT2D eigenvalue weighted by Gasteiger charge is 2.19. The summed E-state index contributed by atoms with van der Waals surface area (Å²) in [6.45, 7) is 2.63. The summed E-state index contributed by atoms with van der Waals surface area (Å²) < 4.78 is 1.72. The number of anilines is 2. The first-order chi connectivity index (χ1) is 15.6. The molecule has 0 bridgehead atoms. The lowest BCUT2D eigenvalue weighted by atomic mass is 10.1. The molecule has 0 saturated carbocycles. The van der Waals surface area contributed by atoms with Crippen LogP contribution in [0, 0.1) is 6.92 Å². The molecule has 5 rings (SSSR count). The number of aryl methyl sites for hydroxylation is 1. The fourth-order valence-corrected chi connectivity index (χ4v) is 3.77. The number of nitrogens with one attached hydrogen (secondary N) is 1. The predicted molar refractivity (Wildman–Crippen MR) is 130 cm³/mol. The van der Waals surface area contributed by atoms with E-state index in [9.17, 15) is 0 Å². The number of aromatic nitrogens is 4. The van der Waals surface area contributed by atoms with Gasteiger partial charge >= 0.3 is 0 Å². The number of rotatable bonds is 5. The molecule has 6 nitrogen and oxygen atoms in total. The monoisotopic (exact) mass is 440 g/mol. The molecule has 0 aliphatic heterocycles. The molecule has 7 heteroatoms. The smallest absolute Gasteiger partial charge is 0.225 e. The molecule has 3 N–H and O–H groups in total. The maximum Gasteiger partial charge on any atom is 0.225 e. The summed E-state index contributed by atoms with van der Waals surface area (Å²) >= 11 is 6.11. The van der Waals surface area contributed by atoms with Crippen LogP contribution in [0.2, 0.25) is 5.02 Å². The van der Waals surface area contributed by atoms with Gasteiger partial charge in [-0.2, -0.15) is 4.98 Å². The van der Waals surface area contributed by atoms with Crippen molar-refractivity contribution in [3.8, 4) is 16.9 Å². The van der Waals surface area contributed by atoms with E-state index in [1.807, 2.05) is 73.7 Å². The van der Waals surface area contributed by atoms with Crippen LogP contribution in [0.25, 0.3) is 28.0 Å². The van der Waals surface area contributed by atoms with Gasteiger partial charge in [-0.05, 0) is 42.3 Å². The van der Waals surface area contributed by atoms with E-state index < -0.39 is 0 Å². The van der Waals surface area contributed by atoms with E-state index in [0.717, 1.165) is 22.4 Å². The predicted octanol–water partition coefficient (Wildman–Crippen LogP) is 5.64. The first kappa shape index (κ1) is 20.0. The third kappa shape index (κ3) is 3.88. The zero-order chi connectivity index (χ0) is 22.1. The third-order valence-electron chi connectivity index (χ3n) is 5.23. The zero-order valence-corrected chi connectivity index (χ0v) is 18.2. The van der Waals surface area contributed by atoms with Crippen molar-refractivity contribution in [3.05, 3.63) is 95.0 Å². The van der Waals surface area contributed by atoms with E-state index >= 15 is 0 Å². The average Bonchev–Trinajstić information content (AvgIpc) is 3.15. The maximum atomic E-state index is 6.58. The molecule has 32 heavy (non-hydrogen) atoms. The van der Waals surface area contributed by atoms with Crippen molar-refractivity contribution < 1.29 is 0 Å². The van der Waals surface area contributed by atoms with E-state index in [1.165, 1.54) is 0 Å². The maximum absolute atomic E-state index is 6.58. The van der Waals surface area contributed by atoms with Crippen LogP contribution in [0.4, 0.5) is 11.8 Å². The number of fused-ring (bicyclic) bond motifs is 1. The van der Waals surface area contributed by atoms with Gasteiger partial charge in [-0.3, -0.25) is 0 Å². The van der Waals surface area contributed by atoms with E-state index in [0.29, 0.717) is 40.1 Å². The van der Waals surface area contributed by atoms with Gasteiger partial charge in [0.1, 0.15) is 5.82 Å². The molecule has 2 aromatic heterocycles. The molecule has 0 fully saturated rings. The Hall–Kier alpha value is -3.90. The van der Waals surface area contributed by atoms with Crippen LogP contribution in [0.5, 0.6) is 0 Å². The highest BCUT2D eigenvalue weighted by molar-refractivity contribution is 6.30. The lowest BCUT2D eigenvalue weighted by molar-refractivity contribution is 0.898. The minimum Gasteiger partial charge on any atom is -0.383 e. The molecule has 0 unspecified atom stereocenters. The average molecular weight is 441 g/mol. The van der Waals surface area contributed by atoms with Gasteiger partial charge in [0.05, 0.1) is 16.8 Å². The number of nitrogens with two attached hydrogens (primary N) is 1. The highest BCUT2D eigenvalue weighted by Crippen LogP contribution is 2.33. The number of hydrogen-bond acceptors (Lipinski definition) is 5. The number of halogens is 1. The Morgan fingerprint density at radius 2 is 1.72 bits per heavy atom. The summed E-state index contributed by atoms with van der Waals surface area (Å²) in [7, 11) is 0. The largest absolute Gasteiger partial charge is 0.383 e. The molecule has 2 heterocycles. The second-order valence-electron chi connectivity index (χ2n) is 7.58. The lowest BCUT2D eigenvalue weighted by Gasteiger charge is -2.09. The van der Waals surface area contributed by atoms with E-state index in [1.54, 1.807) is 4.68 Å². The van der Waals surface area contributed by atoms with Gasteiger partial charge in [-0.25, -0.2) is 9.67 Å². The van der Waals surface area contributed by atoms with Crippen LogP contribution in [-0.2, 0) is 6.54 Å². The quantitative estimate of drug-likeness (QED) is 0.369. The van der Waals surface area contributed by atoms with Crippen LogP contribution in [0.3, 0.4) is 0 Å². The number of benzene rings is 3. The van der Waals surface area contributed by atoms with Gasteiger partial charge < -0.3 is 11.1 Å². The second kappa shape index (κ2) is 8.32. The molecule has 0 aliphatic carbocycles. The molecule has 158 valence electrons. The SMILES string of the molecule is Cc1cccc(-n2nc3nc(NCc4ccccc4)nc(-c4ccc(Cl)cc4)c3c2N)c1. The van der Waals surface area contributed by atoms with E-state index in [2.05, 4.69) is 22.4 Å². The lowest BCUT2D eigenvalue weighted by Crippen LogP contribution is -2.05. The Morgan fingerprint density at radius 1 is 0.938 bits per heavy atom. The molecular formula is C25H21ClN6. The number of nitrogens with zero attached hydrogens (tertiary/aromatic N) is 4. The summed E-state index contributed by atoms with van der Waals surface area (Å²) in [5.41, 5.74) is 11.8. The summed E-state index contributed by atoms with van der Waals surface area (Å²) in [4.78, 5) is 9.47. The van der Waals surface area contributed by atoms with Crippen molar-refractivity contribution >= 4 is 34.4 Å². The Bertz CT molecular complexity index is 1390. The minimum atomic E-state index is 0.486. The van der Waals surface area contributed by atoms with Crippen molar-refractivity contribution in [1.82, 2.24) is 19.7 Å². The highest BCUT2D eigenvalue weighted by atomic mass is 35.5. The molecule has 0 amide bonds. The number of hydrogen-bond donors (Lipinski definition) is 2. The van der Waals surface area contributed by atoms with Gasteiger partial charge in [-0.1, -0.05) is 66.2 Å². The molecule has 0 saturated heterocycles. The standard InChI is InChI=1S/C25H21ClN6/c1-16-6-5-9-20(14-16)32-23(27)21-22(18-10-12-19(26)13-11-18)29-25(30-24(21)31-32)28-15-17-7-3-2-4-8-17/h2-14H,15,27H2,1H3,(H,28,30,31). The Morgan fingerprint density at radius 3 is 2.47 bits per heavy atom. The van der Waals surface area contributed by atoms with Crippen LogP contribution < -0.4 is 11.1 Å². The van der Waals surface area contributed by atoms with Crippen LogP contribution in [-0.4, -0.2) is 19.7 Å². The molecule has 0 atom stereocenters. The van der Waals surface area contributed by atoms with Gasteiger partial charge in [-0.15, -0.1) is 5.10 Å². The normalized spacial score (nSPS) is 11.1. The van der Waals surface area contributed by atoms with Crippen LogP contribution in [0.15, 0.2) is 78.9 Å². The van der Waals surface area contributed by atoms with E-state index in [4.69, 9.17) is 27.4 Å².